The van der Waals surface area contributed by atoms with E-state index in [0.717, 1.165) is 110 Å². The summed E-state index contributed by atoms with van der Waals surface area (Å²) in [6.07, 6.45) is 11.8. The van der Waals surface area contributed by atoms with Gasteiger partial charge >= 0.3 is 0 Å². The molecule has 0 bridgehead atoms. The molecule has 0 unspecified atom stereocenters. The Balaban J connectivity index is 1.18. The maximum Gasteiger partial charge on any atom is 0.132 e. The van der Waals surface area contributed by atoms with E-state index < -0.39 is 11.6 Å². The molecule has 0 radical (unpaired) electrons. The van der Waals surface area contributed by atoms with Crippen LogP contribution in [0.25, 0.3) is 17.2 Å². The second-order valence-electron chi connectivity index (χ2n) is 17.4. The second kappa shape index (κ2) is 21.5. The first-order valence-corrected chi connectivity index (χ1v) is 21.4. The van der Waals surface area contributed by atoms with Gasteiger partial charge in [0.15, 0.2) is 0 Å². The summed E-state index contributed by atoms with van der Waals surface area (Å²) in [5.41, 5.74) is 16.0. The van der Waals surface area contributed by atoms with E-state index in [4.69, 9.17) is 15.5 Å². The molecule has 1 aliphatic heterocycles. The number of fused-ring (bicyclic) bond motifs is 1. The molecule has 4 rings (SSSR count). The normalized spacial score (nSPS) is 13.0. The molecule has 3 N–H and O–H groups in total. The van der Waals surface area contributed by atoms with Crippen molar-refractivity contribution in [3.8, 4) is 11.1 Å². The van der Waals surface area contributed by atoms with Crippen LogP contribution in [0.15, 0.2) is 102 Å². The number of nitrogens with two attached hydrogens (primary N) is 1. The first-order valence-electron chi connectivity index (χ1n) is 21.4. The number of nitrogens with zero attached hydrogens (tertiary/aromatic N) is 2. The Morgan fingerprint density at radius 3 is 2.41 bits per heavy atom. The van der Waals surface area contributed by atoms with Gasteiger partial charge in [-0.15, -0.1) is 0 Å². The Hall–Kier alpha value is -4.49. The monoisotopic (exact) mass is 793 g/mol. The Morgan fingerprint density at radius 1 is 0.914 bits per heavy atom. The molecule has 7 heteroatoms. The minimum Gasteiger partial charge on any atom is -0.389 e. The van der Waals surface area contributed by atoms with Crippen molar-refractivity contribution in [1.82, 2.24) is 10.2 Å². The van der Waals surface area contributed by atoms with Gasteiger partial charge in [-0.25, -0.2) is 13.8 Å². The molecule has 3 aromatic carbocycles. The predicted octanol–water partition coefficient (Wildman–Crippen LogP) is 13.0. The summed E-state index contributed by atoms with van der Waals surface area (Å²) in [4.78, 5) is 7.25. The molecule has 0 saturated carbocycles. The van der Waals surface area contributed by atoms with Gasteiger partial charge in [0.2, 0.25) is 0 Å². The van der Waals surface area contributed by atoms with E-state index in [-0.39, 0.29) is 23.0 Å². The SMILES string of the molecule is C=C(CCC(C)(C)OCCC(C)(C)C(=C)Cc1c(F)ccc(C)c1F)NCCCCCN(CCC)C(=C)C1=Cc2ccc(-c3cccc(CCC)c3)cc2N=C(N)C1. The van der Waals surface area contributed by atoms with Crippen molar-refractivity contribution >= 4 is 17.6 Å². The van der Waals surface area contributed by atoms with E-state index in [1.165, 1.54) is 23.3 Å². The summed E-state index contributed by atoms with van der Waals surface area (Å²) in [5.74, 6) is -0.402. The highest BCUT2D eigenvalue weighted by Gasteiger charge is 2.26. The summed E-state index contributed by atoms with van der Waals surface area (Å²) in [5, 5.41) is 3.53. The lowest BCUT2D eigenvalue weighted by Crippen LogP contribution is -2.28. The number of nitrogens with one attached hydrogen (secondary N) is 1. The van der Waals surface area contributed by atoms with Crippen molar-refractivity contribution in [3.63, 3.8) is 0 Å². The average molecular weight is 793 g/mol. The number of rotatable bonds is 24. The molecule has 3 aromatic rings. The number of aryl methyl sites for hydroxylation is 2. The van der Waals surface area contributed by atoms with Crippen LogP contribution in [0, 0.1) is 24.0 Å². The van der Waals surface area contributed by atoms with Gasteiger partial charge in [-0.1, -0.05) is 102 Å². The van der Waals surface area contributed by atoms with Crippen molar-refractivity contribution in [1.29, 1.82) is 0 Å². The van der Waals surface area contributed by atoms with Crippen LogP contribution < -0.4 is 11.1 Å². The molecule has 0 fully saturated rings. The zero-order valence-electron chi connectivity index (χ0n) is 36.6. The Labute approximate surface area is 349 Å². The largest absolute Gasteiger partial charge is 0.389 e. The minimum absolute atomic E-state index is 0.0879. The number of ether oxygens (including phenoxy) is 1. The number of halogens is 2. The number of hydrogen-bond acceptors (Lipinski definition) is 5. The molecule has 0 aromatic heterocycles. The predicted molar refractivity (Wildman–Crippen MR) is 243 cm³/mol. The fraction of sp³-hybridized carbons (Fsp3) is 0.471. The lowest BCUT2D eigenvalue weighted by molar-refractivity contribution is -0.0319. The number of benzene rings is 3. The van der Waals surface area contributed by atoms with Gasteiger partial charge in [0.05, 0.1) is 11.3 Å². The number of allylic oxidation sites excluding steroid dienone is 3. The standard InChI is InChI=1S/C51H70F2N4O/c1-11-17-40-18-16-19-41(32-40)42-21-22-43-33-44(35-48(54)56-47(43)34-42)39(6)57(28-12-2)29-15-13-14-27-55-38(5)24-25-51(9,10)58-30-26-50(7,8)37(4)31-45-46(52)23-20-36(3)49(45)53/h16,18-23,32-34,55H,4-6,11-15,17,24-31,35H2,1-3,7-10H3,(H2,54,56). The average Bonchev–Trinajstić information content (AvgIpc) is 3.35. The summed E-state index contributed by atoms with van der Waals surface area (Å²) in [6.45, 7) is 30.7. The summed E-state index contributed by atoms with van der Waals surface area (Å²) in [6, 6.07) is 18.1. The van der Waals surface area contributed by atoms with Crippen molar-refractivity contribution in [2.24, 2.45) is 16.1 Å². The lowest BCUT2D eigenvalue weighted by Gasteiger charge is -2.31. The maximum absolute atomic E-state index is 14.6. The second-order valence-corrected chi connectivity index (χ2v) is 17.4. The van der Waals surface area contributed by atoms with E-state index in [9.17, 15) is 8.78 Å². The molecular formula is C51H70F2N4O. The number of aliphatic imine (C=N–C) groups is 1. The van der Waals surface area contributed by atoms with Crippen molar-refractivity contribution in [2.75, 3.05) is 26.2 Å². The molecule has 1 aliphatic rings. The smallest absolute Gasteiger partial charge is 0.132 e. The molecule has 0 aliphatic carbocycles. The van der Waals surface area contributed by atoms with Crippen LogP contribution in [0.4, 0.5) is 14.5 Å². The Morgan fingerprint density at radius 2 is 1.67 bits per heavy atom. The van der Waals surface area contributed by atoms with Crippen LogP contribution in [0.3, 0.4) is 0 Å². The molecule has 1 heterocycles. The quantitative estimate of drug-likeness (QED) is 0.0700. The molecule has 314 valence electrons. The molecule has 5 nitrogen and oxygen atoms in total. The van der Waals surface area contributed by atoms with Crippen LogP contribution in [-0.2, 0) is 17.6 Å². The summed E-state index contributed by atoms with van der Waals surface area (Å²) in [7, 11) is 0. The molecular weight excluding hydrogens is 723 g/mol. The molecule has 0 amide bonds. The van der Waals surface area contributed by atoms with Gasteiger partial charge in [-0.3, -0.25) is 0 Å². The van der Waals surface area contributed by atoms with Gasteiger partial charge in [0.1, 0.15) is 17.5 Å². The zero-order chi connectivity index (χ0) is 42.5. The van der Waals surface area contributed by atoms with E-state index in [2.05, 4.69) is 120 Å². The highest BCUT2D eigenvalue weighted by molar-refractivity contribution is 5.92. The molecule has 0 spiro atoms. The maximum atomic E-state index is 14.6. The van der Waals surface area contributed by atoms with Crippen LogP contribution in [0.1, 0.15) is 122 Å². The van der Waals surface area contributed by atoms with Gasteiger partial charge in [-0.2, -0.15) is 0 Å². The molecule has 58 heavy (non-hydrogen) atoms. The van der Waals surface area contributed by atoms with Gasteiger partial charge in [-0.05, 0) is 130 Å². The van der Waals surface area contributed by atoms with E-state index in [0.29, 0.717) is 30.8 Å². The van der Waals surface area contributed by atoms with Crippen LogP contribution in [0.2, 0.25) is 0 Å². The lowest BCUT2D eigenvalue weighted by atomic mass is 9.79. The minimum atomic E-state index is -0.525. The highest BCUT2D eigenvalue weighted by atomic mass is 19.1. The number of hydrogen-bond donors (Lipinski definition) is 2. The van der Waals surface area contributed by atoms with Crippen LogP contribution in [-0.4, -0.2) is 42.6 Å². The Bertz CT molecular complexity index is 1960. The number of unbranched alkanes of at least 4 members (excludes halogenated alkanes) is 2. The Kier molecular flexibility index (Phi) is 17.1. The molecule has 0 atom stereocenters. The van der Waals surface area contributed by atoms with Gasteiger partial charge < -0.3 is 20.7 Å². The fourth-order valence-corrected chi connectivity index (χ4v) is 7.38. The van der Waals surface area contributed by atoms with Crippen molar-refractivity contribution < 1.29 is 13.5 Å². The topological polar surface area (TPSA) is 62.9 Å². The van der Waals surface area contributed by atoms with E-state index in [1.54, 1.807) is 6.92 Å². The van der Waals surface area contributed by atoms with E-state index >= 15 is 0 Å². The van der Waals surface area contributed by atoms with Gasteiger partial charge in [0, 0.05) is 55.2 Å². The summed E-state index contributed by atoms with van der Waals surface area (Å²) >= 11 is 0. The third-order valence-electron chi connectivity index (χ3n) is 11.5. The van der Waals surface area contributed by atoms with Gasteiger partial charge in [0.25, 0.3) is 0 Å². The molecule has 0 saturated heterocycles. The summed E-state index contributed by atoms with van der Waals surface area (Å²) < 4.78 is 35.3. The number of amidine groups is 1. The van der Waals surface area contributed by atoms with Crippen molar-refractivity contribution in [2.45, 2.75) is 125 Å². The first-order chi connectivity index (χ1) is 27.5. The van der Waals surface area contributed by atoms with Crippen LogP contribution >= 0.6 is 0 Å². The third kappa shape index (κ3) is 13.5. The first kappa shape index (κ1) is 46.2. The van der Waals surface area contributed by atoms with Crippen molar-refractivity contribution in [3.05, 3.63) is 131 Å². The highest BCUT2D eigenvalue weighted by Crippen LogP contribution is 2.36. The van der Waals surface area contributed by atoms with E-state index in [1.807, 2.05) is 0 Å². The van der Waals surface area contributed by atoms with Crippen LogP contribution in [0.5, 0.6) is 0 Å². The fourth-order valence-electron chi connectivity index (χ4n) is 7.38. The zero-order valence-corrected chi connectivity index (χ0v) is 36.6. The third-order valence-corrected chi connectivity index (χ3v) is 11.5.